The van der Waals surface area contributed by atoms with Crippen LogP contribution in [-0.2, 0) is 6.42 Å². The van der Waals surface area contributed by atoms with E-state index in [0.717, 1.165) is 12.1 Å². The molecule has 1 atom stereocenters. The molecule has 0 aliphatic rings. The van der Waals surface area contributed by atoms with Crippen LogP contribution in [0.3, 0.4) is 0 Å². The van der Waals surface area contributed by atoms with Crippen molar-refractivity contribution in [1.29, 1.82) is 0 Å². The van der Waals surface area contributed by atoms with Crippen LogP contribution in [0.4, 0.5) is 0 Å². The lowest BCUT2D eigenvalue weighted by Crippen LogP contribution is -2.19. The van der Waals surface area contributed by atoms with Crippen molar-refractivity contribution in [3.63, 3.8) is 0 Å². The van der Waals surface area contributed by atoms with Crippen LogP contribution in [0.25, 0.3) is 0 Å². The van der Waals surface area contributed by atoms with E-state index >= 15 is 0 Å². The SMILES string of the molecule is CNC(Cc1cc(C)ccc1C)c1cnsn1. The third-order valence-electron chi connectivity index (χ3n) is 3.01. The average Bonchev–Trinajstić information content (AvgIpc) is 2.84. The fourth-order valence-corrected chi connectivity index (χ4v) is 2.39. The first kappa shape index (κ1) is 12.2. The van der Waals surface area contributed by atoms with Crippen molar-refractivity contribution in [2.24, 2.45) is 0 Å². The van der Waals surface area contributed by atoms with Gasteiger partial charge in [0.05, 0.1) is 29.7 Å². The summed E-state index contributed by atoms with van der Waals surface area (Å²) in [5.74, 6) is 0. The Labute approximate surface area is 106 Å². The summed E-state index contributed by atoms with van der Waals surface area (Å²) in [6.07, 6.45) is 2.80. The number of aryl methyl sites for hydroxylation is 2. The molecule has 0 radical (unpaired) electrons. The van der Waals surface area contributed by atoms with Gasteiger partial charge in [-0.2, -0.15) is 8.75 Å². The molecular formula is C13H17N3S. The Morgan fingerprint density at radius 2 is 2.18 bits per heavy atom. The standard InChI is InChI=1S/C13H17N3S/c1-9-4-5-10(2)11(6-9)7-12(14-3)13-8-15-17-16-13/h4-6,8,12,14H,7H2,1-3H3. The molecule has 4 heteroatoms. The van der Waals surface area contributed by atoms with Gasteiger partial charge in [0.25, 0.3) is 0 Å². The van der Waals surface area contributed by atoms with E-state index in [1.165, 1.54) is 28.4 Å². The first-order valence-electron chi connectivity index (χ1n) is 5.71. The van der Waals surface area contributed by atoms with Crippen LogP contribution in [0, 0.1) is 13.8 Å². The predicted molar refractivity (Wildman–Crippen MR) is 71.3 cm³/mol. The summed E-state index contributed by atoms with van der Waals surface area (Å²) < 4.78 is 8.37. The Bertz CT molecular complexity index is 479. The molecule has 0 amide bonds. The lowest BCUT2D eigenvalue weighted by atomic mass is 9.98. The zero-order valence-corrected chi connectivity index (χ0v) is 11.2. The van der Waals surface area contributed by atoms with Crippen molar-refractivity contribution >= 4 is 11.7 Å². The molecule has 0 bridgehead atoms. The highest BCUT2D eigenvalue weighted by molar-refractivity contribution is 6.99. The largest absolute Gasteiger partial charge is 0.311 e. The fourth-order valence-electron chi connectivity index (χ4n) is 1.92. The average molecular weight is 247 g/mol. The van der Waals surface area contributed by atoms with Crippen molar-refractivity contribution in [3.05, 3.63) is 46.8 Å². The van der Waals surface area contributed by atoms with Crippen molar-refractivity contribution in [2.45, 2.75) is 26.3 Å². The van der Waals surface area contributed by atoms with Crippen LogP contribution < -0.4 is 5.32 Å². The second kappa shape index (κ2) is 5.38. The monoisotopic (exact) mass is 247 g/mol. The smallest absolute Gasteiger partial charge is 0.0915 e. The number of benzene rings is 1. The van der Waals surface area contributed by atoms with Crippen LogP contribution in [-0.4, -0.2) is 15.8 Å². The molecule has 90 valence electrons. The highest BCUT2D eigenvalue weighted by Crippen LogP contribution is 2.20. The second-order valence-corrected chi connectivity index (χ2v) is 4.86. The summed E-state index contributed by atoms with van der Waals surface area (Å²) in [6, 6.07) is 6.82. The molecule has 0 aliphatic carbocycles. The quantitative estimate of drug-likeness (QED) is 0.902. The highest BCUT2D eigenvalue weighted by atomic mass is 32.1. The minimum absolute atomic E-state index is 0.245. The minimum atomic E-state index is 0.245. The van der Waals surface area contributed by atoms with E-state index in [4.69, 9.17) is 0 Å². The van der Waals surface area contributed by atoms with Crippen molar-refractivity contribution in [1.82, 2.24) is 14.1 Å². The zero-order chi connectivity index (χ0) is 12.3. The van der Waals surface area contributed by atoms with E-state index in [1.54, 1.807) is 0 Å². The van der Waals surface area contributed by atoms with Crippen molar-refractivity contribution < 1.29 is 0 Å². The summed E-state index contributed by atoms with van der Waals surface area (Å²) in [5.41, 5.74) is 5.03. The van der Waals surface area contributed by atoms with Gasteiger partial charge in [-0.25, -0.2) is 0 Å². The molecule has 1 heterocycles. The molecule has 1 aromatic heterocycles. The molecule has 2 aromatic rings. The third-order valence-corrected chi connectivity index (χ3v) is 3.50. The predicted octanol–water partition coefficient (Wildman–Crippen LogP) is 2.66. The molecule has 2 rings (SSSR count). The van der Waals surface area contributed by atoms with E-state index < -0.39 is 0 Å². The summed E-state index contributed by atoms with van der Waals surface area (Å²) in [5, 5.41) is 3.30. The van der Waals surface area contributed by atoms with Crippen LogP contribution in [0.1, 0.15) is 28.4 Å². The number of likely N-dealkylation sites (N-methyl/N-ethyl adjacent to an activating group) is 1. The van der Waals surface area contributed by atoms with Gasteiger partial charge in [-0.3, -0.25) is 0 Å². The molecular weight excluding hydrogens is 230 g/mol. The second-order valence-electron chi connectivity index (χ2n) is 4.31. The van der Waals surface area contributed by atoms with E-state index in [-0.39, 0.29) is 6.04 Å². The van der Waals surface area contributed by atoms with E-state index in [0.29, 0.717) is 0 Å². The Morgan fingerprint density at radius 3 is 2.82 bits per heavy atom. The summed E-state index contributed by atoms with van der Waals surface area (Å²) in [7, 11) is 1.97. The summed E-state index contributed by atoms with van der Waals surface area (Å²) in [6.45, 7) is 4.28. The van der Waals surface area contributed by atoms with Gasteiger partial charge < -0.3 is 5.32 Å². The Kier molecular flexibility index (Phi) is 3.86. The fraction of sp³-hybridized carbons (Fsp3) is 0.385. The van der Waals surface area contributed by atoms with Crippen LogP contribution in [0.15, 0.2) is 24.4 Å². The van der Waals surface area contributed by atoms with Crippen molar-refractivity contribution in [2.75, 3.05) is 7.05 Å². The van der Waals surface area contributed by atoms with Crippen molar-refractivity contribution in [3.8, 4) is 0 Å². The molecule has 0 saturated heterocycles. The van der Waals surface area contributed by atoms with Crippen LogP contribution >= 0.6 is 11.7 Å². The maximum Gasteiger partial charge on any atom is 0.0915 e. The topological polar surface area (TPSA) is 37.8 Å². The number of hydrogen-bond donors (Lipinski definition) is 1. The first-order chi connectivity index (χ1) is 8.20. The van der Waals surface area contributed by atoms with E-state index in [2.05, 4.69) is 46.1 Å². The molecule has 0 spiro atoms. The normalized spacial score (nSPS) is 12.6. The van der Waals surface area contributed by atoms with Gasteiger partial charge in [0.2, 0.25) is 0 Å². The third kappa shape index (κ3) is 2.90. The van der Waals surface area contributed by atoms with Gasteiger partial charge in [-0.1, -0.05) is 23.8 Å². The summed E-state index contributed by atoms with van der Waals surface area (Å²) in [4.78, 5) is 0. The zero-order valence-electron chi connectivity index (χ0n) is 10.4. The molecule has 1 aromatic carbocycles. The van der Waals surface area contributed by atoms with Gasteiger partial charge in [0, 0.05) is 0 Å². The van der Waals surface area contributed by atoms with Crippen LogP contribution in [0.2, 0.25) is 0 Å². The molecule has 1 N–H and O–H groups in total. The molecule has 0 aliphatic heterocycles. The maximum absolute atomic E-state index is 4.30. The molecule has 1 unspecified atom stereocenters. The highest BCUT2D eigenvalue weighted by Gasteiger charge is 2.13. The molecule has 3 nitrogen and oxygen atoms in total. The number of hydrogen-bond acceptors (Lipinski definition) is 4. The molecule has 17 heavy (non-hydrogen) atoms. The number of aromatic nitrogens is 2. The Hall–Kier alpha value is -1.26. The Balaban J connectivity index is 2.21. The lowest BCUT2D eigenvalue weighted by molar-refractivity contribution is 0.579. The van der Waals surface area contributed by atoms with Gasteiger partial charge in [-0.15, -0.1) is 0 Å². The van der Waals surface area contributed by atoms with E-state index in [9.17, 15) is 0 Å². The van der Waals surface area contributed by atoms with Crippen LogP contribution in [0.5, 0.6) is 0 Å². The molecule has 0 saturated carbocycles. The Morgan fingerprint density at radius 1 is 1.35 bits per heavy atom. The number of rotatable bonds is 4. The minimum Gasteiger partial charge on any atom is -0.311 e. The van der Waals surface area contributed by atoms with Gasteiger partial charge in [-0.05, 0) is 38.4 Å². The maximum atomic E-state index is 4.30. The number of nitrogens with one attached hydrogen (secondary N) is 1. The first-order valence-corrected chi connectivity index (χ1v) is 6.44. The molecule has 0 fully saturated rings. The van der Waals surface area contributed by atoms with Gasteiger partial charge in [0.15, 0.2) is 0 Å². The summed E-state index contributed by atoms with van der Waals surface area (Å²) >= 11 is 1.26. The van der Waals surface area contributed by atoms with Gasteiger partial charge in [0.1, 0.15) is 0 Å². The van der Waals surface area contributed by atoms with E-state index in [1.807, 2.05) is 13.2 Å². The van der Waals surface area contributed by atoms with Gasteiger partial charge >= 0.3 is 0 Å². The number of nitrogens with zero attached hydrogens (tertiary/aromatic N) is 2. The lowest BCUT2D eigenvalue weighted by Gasteiger charge is -2.15.